The molecule has 0 saturated carbocycles. The minimum Gasteiger partial charge on any atom is -0.756 e. The van der Waals surface area contributed by atoms with E-state index in [1.165, 1.54) is 0 Å². The second-order valence-corrected chi connectivity index (χ2v) is 4.54. The Hall–Kier alpha value is 0.0700. The Labute approximate surface area is 98.9 Å². The molecule has 0 heterocycles. The third-order valence-electron chi connectivity index (χ3n) is 2.53. The largest absolute Gasteiger partial charge is 0.756 e. The van der Waals surface area contributed by atoms with Crippen molar-refractivity contribution in [2.24, 2.45) is 0 Å². The standard InChI is InChI=1S/C9H21O4P.CH5N/c1-5-9(6-2,7-3)13-14(10,11)12-8-4;1-2/h5-8H2,1-4H3,(H,10,11);2H2,1H3. The van der Waals surface area contributed by atoms with Crippen molar-refractivity contribution in [3.63, 3.8) is 0 Å². The van der Waals surface area contributed by atoms with Crippen LogP contribution in [-0.2, 0) is 13.6 Å². The minimum absolute atomic E-state index is 0.119. The van der Waals surface area contributed by atoms with Crippen LogP contribution in [-0.4, -0.2) is 19.3 Å². The zero-order chi connectivity index (χ0) is 13.2. The van der Waals surface area contributed by atoms with Crippen LogP contribution in [0.3, 0.4) is 0 Å². The summed E-state index contributed by atoms with van der Waals surface area (Å²) in [5.74, 6) is 0. The zero-order valence-corrected chi connectivity index (χ0v) is 12.0. The Morgan fingerprint density at radius 2 is 1.50 bits per heavy atom. The van der Waals surface area contributed by atoms with Crippen LogP contribution >= 0.6 is 7.82 Å². The highest BCUT2D eigenvalue weighted by molar-refractivity contribution is 7.45. The smallest absolute Gasteiger partial charge is 0.268 e. The predicted molar refractivity (Wildman–Crippen MR) is 62.7 cm³/mol. The molecule has 5 nitrogen and oxygen atoms in total. The van der Waals surface area contributed by atoms with Crippen molar-refractivity contribution in [1.82, 2.24) is 0 Å². The highest BCUT2D eigenvalue weighted by Gasteiger charge is 2.29. The highest BCUT2D eigenvalue weighted by atomic mass is 31.2. The molecule has 0 aromatic rings. The maximum absolute atomic E-state index is 11.3. The third-order valence-corrected chi connectivity index (χ3v) is 3.71. The van der Waals surface area contributed by atoms with E-state index in [1.54, 1.807) is 14.0 Å². The molecule has 0 amide bonds. The third kappa shape index (κ3) is 6.61. The molecular formula is C10H26NO4P. The van der Waals surface area contributed by atoms with Gasteiger partial charge in [-0.3, -0.25) is 4.57 Å². The first-order chi connectivity index (χ1) is 7.45. The fourth-order valence-electron chi connectivity index (χ4n) is 1.37. The van der Waals surface area contributed by atoms with Crippen molar-refractivity contribution in [2.75, 3.05) is 13.7 Å². The Morgan fingerprint density at radius 1 is 1.12 bits per heavy atom. The zero-order valence-electron chi connectivity index (χ0n) is 11.1. The summed E-state index contributed by atoms with van der Waals surface area (Å²) in [7, 11) is -2.36. The van der Waals surface area contributed by atoms with Crippen LogP contribution in [0.25, 0.3) is 0 Å². The van der Waals surface area contributed by atoms with Crippen LogP contribution in [0.15, 0.2) is 0 Å². The molecule has 0 spiro atoms. The van der Waals surface area contributed by atoms with E-state index in [9.17, 15) is 9.46 Å². The van der Waals surface area contributed by atoms with Crippen LogP contribution in [0, 0.1) is 0 Å². The van der Waals surface area contributed by atoms with Gasteiger partial charge in [-0.1, -0.05) is 20.8 Å². The van der Waals surface area contributed by atoms with Gasteiger partial charge in [-0.15, -0.1) is 0 Å². The van der Waals surface area contributed by atoms with Crippen LogP contribution in [0.2, 0.25) is 0 Å². The molecule has 16 heavy (non-hydrogen) atoms. The summed E-state index contributed by atoms with van der Waals surface area (Å²) < 4.78 is 21.0. The van der Waals surface area contributed by atoms with Crippen molar-refractivity contribution < 1.29 is 24.2 Å². The minimum atomic E-state index is -4.11. The van der Waals surface area contributed by atoms with Crippen molar-refractivity contribution >= 4 is 7.82 Å². The van der Waals surface area contributed by atoms with Crippen molar-refractivity contribution in [2.45, 2.75) is 52.6 Å². The lowest BCUT2D eigenvalue weighted by Crippen LogP contribution is -2.40. The van der Waals surface area contributed by atoms with Crippen LogP contribution < -0.4 is 10.6 Å². The first-order valence-electron chi connectivity index (χ1n) is 5.82. The summed E-state index contributed by atoms with van der Waals surface area (Å²) in [6, 6.07) is 0. The Morgan fingerprint density at radius 3 is 1.75 bits per heavy atom. The maximum atomic E-state index is 11.3. The van der Waals surface area contributed by atoms with E-state index in [0.29, 0.717) is 19.3 Å². The van der Waals surface area contributed by atoms with Gasteiger partial charge >= 0.3 is 0 Å². The molecule has 0 fully saturated rings. The van der Waals surface area contributed by atoms with Gasteiger partial charge in [-0.25, -0.2) is 0 Å². The Kier molecular flexibility index (Phi) is 10.5. The number of rotatable bonds is 7. The van der Waals surface area contributed by atoms with Crippen LogP contribution in [0.4, 0.5) is 0 Å². The van der Waals surface area contributed by atoms with Gasteiger partial charge in [0.1, 0.15) is 0 Å². The van der Waals surface area contributed by atoms with Gasteiger partial charge in [0.25, 0.3) is 7.82 Å². The molecule has 0 aliphatic heterocycles. The van der Waals surface area contributed by atoms with Crippen molar-refractivity contribution in [1.29, 1.82) is 0 Å². The molecule has 6 heteroatoms. The van der Waals surface area contributed by atoms with E-state index in [4.69, 9.17) is 4.52 Å². The molecule has 1 unspecified atom stereocenters. The first-order valence-corrected chi connectivity index (χ1v) is 7.28. The highest BCUT2D eigenvalue weighted by Crippen LogP contribution is 2.46. The summed E-state index contributed by atoms with van der Waals surface area (Å²) in [5.41, 5.74) is 2.66. The topological polar surface area (TPSA) is 86.2 Å². The van der Waals surface area contributed by atoms with Gasteiger partial charge in [-0.2, -0.15) is 0 Å². The van der Waals surface area contributed by atoms with E-state index >= 15 is 0 Å². The van der Waals surface area contributed by atoms with Crippen molar-refractivity contribution in [3.05, 3.63) is 0 Å². The summed E-state index contributed by atoms with van der Waals surface area (Å²) in [4.78, 5) is 11.3. The fourth-order valence-corrected chi connectivity index (χ4v) is 2.60. The fraction of sp³-hybridized carbons (Fsp3) is 1.00. The van der Waals surface area contributed by atoms with Crippen LogP contribution in [0.1, 0.15) is 47.0 Å². The van der Waals surface area contributed by atoms with E-state index < -0.39 is 13.4 Å². The second-order valence-electron chi connectivity index (χ2n) is 3.20. The lowest BCUT2D eigenvalue weighted by Gasteiger charge is -2.36. The molecule has 0 aromatic carbocycles. The van der Waals surface area contributed by atoms with Gasteiger partial charge in [0.2, 0.25) is 0 Å². The normalized spacial score (nSPS) is 14.9. The number of quaternary nitrogens is 1. The van der Waals surface area contributed by atoms with Crippen LogP contribution in [0.5, 0.6) is 0 Å². The summed E-state index contributed by atoms with van der Waals surface area (Å²) >= 11 is 0. The summed E-state index contributed by atoms with van der Waals surface area (Å²) in [5, 5.41) is 0. The number of phosphoric acid groups is 1. The van der Waals surface area contributed by atoms with Gasteiger partial charge in [0, 0.05) is 0 Å². The predicted octanol–water partition coefficient (Wildman–Crippen LogP) is 1.33. The van der Waals surface area contributed by atoms with E-state index in [2.05, 4.69) is 10.3 Å². The SMILES string of the molecule is CCOP(=O)([O-])OC(CC)(CC)CC.C[NH3+]. The van der Waals surface area contributed by atoms with E-state index in [-0.39, 0.29) is 6.61 Å². The molecule has 0 rings (SSSR count). The first kappa shape index (κ1) is 18.4. The molecule has 1 atom stereocenters. The molecule has 0 bridgehead atoms. The van der Waals surface area contributed by atoms with Crippen molar-refractivity contribution in [3.8, 4) is 0 Å². The molecule has 0 aliphatic rings. The molecule has 100 valence electrons. The summed E-state index contributed by atoms with van der Waals surface area (Å²) in [6.45, 7) is 7.49. The number of hydrogen-bond donors (Lipinski definition) is 1. The monoisotopic (exact) mass is 255 g/mol. The Balaban J connectivity index is 0. The summed E-state index contributed by atoms with van der Waals surface area (Å²) in [6.07, 6.45) is 2.00. The number of phosphoric ester groups is 1. The average Bonchev–Trinajstić information content (AvgIpc) is 2.29. The number of hydrogen-bond acceptors (Lipinski definition) is 4. The lowest BCUT2D eigenvalue weighted by molar-refractivity contribution is -0.325. The molecule has 0 aliphatic carbocycles. The molecule has 0 saturated heterocycles. The average molecular weight is 255 g/mol. The van der Waals surface area contributed by atoms with Gasteiger partial charge in [0.05, 0.1) is 19.3 Å². The molecular weight excluding hydrogens is 229 g/mol. The molecule has 3 N–H and O–H groups in total. The van der Waals surface area contributed by atoms with E-state index in [1.807, 2.05) is 20.8 Å². The quantitative estimate of drug-likeness (QED) is 0.695. The van der Waals surface area contributed by atoms with Gasteiger partial charge in [0.15, 0.2) is 0 Å². The molecule has 0 radical (unpaired) electrons. The van der Waals surface area contributed by atoms with Gasteiger partial charge in [-0.05, 0) is 26.2 Å². The second kappa shape index (κ2) is 9.14. The Bertz CT molecular complexity index is 199. The maximum Gasteiger partial charge on any atom is 0.268 e. The van der Waals surface area contributed by atoms with Gasteiger partial charge < -0.3 is 19.7 Å². The lowest BCUT2D eigenvalue weighted by atomic mass is 9.95. The molecule has 0 aromatic heterocycles. The van der Waals surface area contributed by atoms with E-state index in [0.717, 1.165) is 0 Å².